The summed E-state index contributed by atoms with van der Waals surface area (Å²) >= 11 is 3.28. The predicted octanol–water partition coefficient (Wildman–Crippen LogP) is 4.47. The Morgan fingerprint density at radius 3 is 2.30 bits per heavy atom. The highest BCUT2D eigenvalue weighted by molar-refractivity contribution is 9.10. The molecule has 3 N–H and O–H groups in total. The molecule has 0 heterocycles. The zero-order chi connectivity index (χ0) is 24.0. The number of nitro benzene ring substituents is 1. The van der Waals surface area contributed by atoms with E-state index in [0.29, 0.717) is 5.56 Å². The summed E-state index contributed by atoms with van der Waals surface area (Å²) in [5, 5.41) is 25.3. The van der Waals surface area contributed by atoms with Crippen molar-refractivity contribution < 1.29 is 24.4 Å². The van der Waals surface area contributed by atoms with Gasteiger partial charge < -0.3 is 15.7 Å². The number of carbonyl (C=O) groups is 3. The Hall–Kier alpha value is -4.31. The Kier molecular flexibility index (Phi) is 7.31. The molecule has 0 saturated heterocycles. The highest BCUT2D eigenvalue weighted by Crippen LogP contribution is 2.18. The van der Waals surface area contributed by atoms with Crippen LogP contribution in [-0.4, -0.2) is 27.8 Å². The van der Waals surface area contributed by atoms with Crippen LogP contribution in [0.4, 0.5) is 11.4 Å². The minimum atomic E-state index is -1.16. The number of halogens is 1. The highest BCUT2D eigenvalue weighted by atomic mass is 79.9. The maximum atomic E-state index is 13.0. The number of carbonyl (C=O) groups excluding carboxylic acids is 2. The number of benzene rings is 3. The van der Waals surface area contributed by atoms with Gasteiger partial charge in [-0.1, -0.05) is 34.1 Å². The third-order valence-corrected chi connectivity index (χ3v) is 4.89. The van der Waals surface area contributed by atoms with Gasteiger partial charge in [0.15, 0.2) is 0 Å². The summed E-state index contributed by atoms with van der Waals surface area (Å²) < 4.78 is 0.766. The van der Waals surface area contributed by atoms with E-state index in [1.54, 1.807) is 24.3 Å². The van der Waals surface area contributed by atoms with E-state index in [1.807, 2.05) is 0 Å². The van der Waals surface area contributed by atoms with Crippen molar-refractivity contribution in [3.63, 3.8) is 0 Å². The van der Waals surface area contributed by atoms with E-state index < -0.39 is 22.7 Å². The largest absolute Gasteiger partial charge is 0.478 e. The van der Waals surface area contributed by atoms with Gasteiger partial charge in [0.1, 0.15) is 5.70 Å². The van der Waals surface area contributed by atoms with E-state index in [9.17, 15) is 24.5 Å². The van der Waals surface area contributed by atoms with Crippen LogP contribution in [0, 0.1) is 10.1 Å². The summed E-state index contributed by atoms with van der Waals surface area (Å²) in [6.07, 6.45) is 1.29. The molecule has 3 rings (SSSR count). The second-order valence-corrected chi connectivity index (χ2v) is 7.63. The van der Waals surface area contributed by atoms with Gasteiger partial charge in [0, 0.05) is 27.9 Å². The first-order chi connectivity index (χ1) is 15.7. The van der Waals surface area contributed by atoms with E-state index in [4.69, 9.17) is 5.11 Å². The first kappa shape index (κ1) is 23.4. The normalized spacial score (nSPS) is 10.9. The third kappa shape index (κ3) is 6.34. The van der Waals surface area contributed by atoms with Crippen molar-refractivity contribution >= 4 is 51.2 Å². The van der Waals surface area contributed by atoms with Gasteiger partial charge in [-0.3, -0.25) is 19.7 Å². The maximum absolute atomic E-state index is 13.0. The van der Waals surface area contributed by atoms with Crippen LogP contribution < -0.4 is 10.6 Å². The number of hydrogen-bond acceptors (Lipinski definition) is 5. The minimum absolute atomic E-state index is 0.0316. The number of nitrogens with zero attached hydrogens (tertiary/aromatic N) is 1. The molecule has 166 valence electrons. The average Bonchev–Trinajstić information content (AvgIpc) is 2.79. The molecule has 3 aromatic rings. The summed E-state index contributed by atoms with van der Waals surface area (Å²) in [7, 11) is 0. The molecule has 0 fully saturated rings. The summed E-state index contributed by atoms with van der Waals surface area (Å²) in [6, 6.07) is 17.6. The van der Waals surface area contributed by atoms with Crippen LogP contribution in [0.2, 0.25) is 0 Å². The number of anilines is 1. The minimum Gasteiger partial charge on any atom is -0.478 e. The second kappa shape index (κ2) is 10.3. The number of nitro groups is 1. The molecular formula is C23H16BrN3O6. The number of non-ortho nitro benzene ring substituents is 1. The number of carboxylic acids is 1. The van der Waals surface area contributed by atoms with Crippen LogP contribution in [0.5, 0.6) is 0 Å². The topological polar surface area (TPSA) is 139 Å². The van der Waals surface area contributed by atoms with E-state index >= 15 is 0 Å². The second-order valence-electron chi connectivity index (χ2n) is 6.71. The molecule has 0 aliphatic heterocycles. The number of aromatic carboxylic acids is 1. The lowest BCUT2D eigenvalue weighted by molar-refractivity contribution is -0.384. The van der Waals surface area contributed by atoms with Crippen LogP contribution in [0.15, 0.2) is 83.0 Å². The Morgan fingerprint density at radius 1 is 0.939 bits per heavy atom. The SMILES string of the molecule is O=C(Nc1cccc(C(=O)O)c1)/C(=C\c1cccc([N+](=O)[O-])c1)NC(=O)c1ccc(Br)cc1. The van der Waals surface area contributed by atoms with Gasteiger partial charge in [0.05, 0.1) is 10.5 Å². The van der Waals surface area contributed by atoms with Gasteiger partial charge in [-0.2, -0.15) is 0 Å². The third-order valence-electron chi connectivity index (χ3n) is 4.36. The Labute approximate surface area is 196 Å². The van der Waals surface area contributed by atoms with Crippen molar-refractivity contribution in [1.82, 2.24) is 5.32 Å². The van der Waals surface area contributed by atoms with Gasteiger partial charge >= 0.3 is 5.97 Å². The molecule has 0 aromatic heterocycles. The summed E-state index contributed by atoms with van der Waals surface area (Å²) in [5.41, 5.74) is 0.383. The molecule has 0 unspecified atom stereocenters. The summed E-state index contributed by atoms with van der Waals surface area (Å²) in [5.74, 6) is -2.48. The number of amides is 2. The van der Waals surface area contributed by atoms with Crippen molar-refractivity contribution in [3.05, 3.63) is 110 Å². The molecule has 0 bridgehead atoms. The first-order valence-electron chi connectivity index (χ1n) is 9.41. The molecule has 0 atom stereocenters. The van der Waals surface area contributed by atoms with Crippen molar-refractivity contribution in [2.24, 2.45) is 0 Å². The zero-order valence-electron chi connectivity index (χ0n) is 16.8. The predicted molar refractivity (Wildman–Crippen MR) is 125 cm³/mol. The quantitative estimate of drug-likeness (QED) is 0.244. The van der Waals surface area contributed by atoms with Crippen molar-refractivity contribution in [2.45, 2.75) is 0 Å². The van der Waals surface area contributed by atoms with Crippen LogP contribution in [-0.2, 0) is 4.79 Å². The molecule has 0 aliphatic carbocycles. The zero-order valence-corrected chi connectivity index (χ0v) is 18.4. The molecular weight excluding hydrogens is 494 g/mol. The van der Waals surface area contributed by atoms with Crippen LogP contribution >= 0.6 is 15.9 Å². The molecule has 0 aliphatic rings. The monoisotopic (exact) mass is 509 g/mol. The van der Waals surface area contributed by atoms with Gasteiger partial charge in [0.2, 0.25) is 0 Å². The Bertz CT molecular complexity index is 1270. The fourth-order valence-corrected chi connectivity index (χ4v) is 3.04. The molecule has 33 heavy (non-hydrogen) atoms. The van der Waals surface area contributed by atoms with Crippen molar-refractivity contribution in [3.8, 4) is 0 Å². The van der Waals surface area contributed by atoms with Crippen molar-refractivity contribution in [2.75, 3.05) is 5.32 Å². The lowest BCUT2D eigenvalue weighted by atomic mass is 10.1. The number of hydrogen-bond donors (Lipinski definition) is 3. The Balaban J connectivity index is 1.94. The average molecular weight is 510 g/mol. The van der Waals surface area contributed by atoms with Gasteiger partial charge in [-0.15, -0.1) is 0 Å². The summed E-state index contributed by atoms with van der Waals surface area (Å²) in [6.45, 7) is 0. The number of carboxylic acid groups (broad SMARTS) is 1. The molecule has 10 heteroatoms. The van der Waals surface area contributed by atoms with E-state index in [2.05, 4.69) is 26.6 Å². The van der Waals surface area contributed by atoms with Crippen LogP contribution in [0.25, 0.3) is 6.08 Å². The van der Waals surface area contributed by atoms with E-state index in [-0.39, 0.29) is 28.2 Å². The van der Waals surface area contributed by atoms with E-state index in [0.717, 1.165) is 4.47 Å². The lowest BCUT2D eigenvalue weighted by Crippen LogP contribution is -2.30. The number of nitrogens with one attached hydrogen (secondary N) is 2. The van der Waals surface area contributed by atoms with Gasteiger partial charge in [-0.25, -0.2) is 4.79 Å². The molecule has 3 aromatic carbocycles. The lowest BCUT2D eigenvalue weighted by Gasteiger charge is -2.12. The van der Waals surface area contributed by atoms with Gasteiger partial charge in [-0.05, 0) is 54.1 Å². The fraction of sp³-hybridized carbons (Fsp3) is 0. The van der Waals surface area contributed by atoms with Crippen LogP contribution in [0.1, 0.15) is 26.3 Å². The smallest absolute Gasteiger partial charge is 0.335 e. The molecule has 2 amide bonds. The summed E-state index contributed by atoms with van der Waals surface area (Å²) in [4.78, 5) is 47.3. The highest BCUT2D eigenvalue weighted by Gasteiger charge is 2.16. The van der Waals surface area contributed by atoms with Crippen LogP contribution in [0.3, 0.4) is 0 Å². The molecule has 0 radical (unpaired) electrons. The molecule has 9 nitrogen and oxygen atoms in total. The maximum Gasteiger partial charge on any atom is 0.335 e. The number of rotatable bonds is 7. The van der Waals surface area contributed by atoms with Gasteiger partial charge in [0.25, 0.3) is 17.5 Å². The standard InChI is InChI=1S/C23H16BrN3O6/c24-17-9-7-15(8-10-17)21(28)26-20(12-14-3-1-6-19(11-14)27(32)33)22(29)25-18-5-2-4-16(13-18)23(30)31/h1-13H,(H,25,29)(H,26,28)(H,30,31)/b20-12+. The fourth-order valence-electron chi connectivity index (χ4n) is 2.78. The van der Waals surface area contributed by atoms with Crippen molar-refractivity contribution in [1.29, 1.82) is 0 Å². The van der Waals surface area contributed by atoms with E-state index in [1.165, 1.54) is 54.6 Å². The molecule has 0 spiro atoms. The molecule has 0 saturated carbocycles. The Morgan fingerprint density at radius 2 is 1.64 bits per heavy atom. The first-order valence-corrected chi connectivity index (χ1v) is 10.2.